The normalized spacial score (nSPS) is 11.7. The van der Waals surface area contributed by atoms with Crippen LogP contribution in [0.25, 0.3) is 11.2 Å². The summed E-state index contributed by atoms with van der Waals surface area (Å²) < 4.78 is 8.59. The van der Waals surface area contributed by atoms with Crippen molar-refractivity contribution in [2.24, 2.45) is 7.05 Å². The molecule has 2 aromatic heterocycles. The highest BCUT2D eigenvalue weighted by Gasteiger charge is 2.07. The number of nitrogens with zero attached hydrogens (tertiary/aromatic N) is 4. The van der Waals surface area contributed by atoms with Crippen LogP contribution < -0.4 is 5.73 Å². The van der Waals surface area contributed by atoms with Gasteiger partial charge in [-0.15, -0.1) is 0 Å². The Bertz CT molecular complexity index is 453. The van der Waals surface area contributed by atoms with Crippen molar-refractivity contribution in [2.75, 3.05) is 5.73 Å². The highest BCUT2D eigenvalue weighted by Crippen LogP contribution is 2.18. The number of rotatable bonds is 1. The minimum atomic E-state index is 0.168. The van der Waals surface area contributed by atoms with Crippen LogP contribution in [0.2, 0.25) is 6.56 Å². The molecule has 0 saturated heterocycles. The van der Waals surface area contributed by atoms with Crippen molar-refractivity contribution in [3.63, 3.8) is 0 Å². The van der Waals surface area contributed by atoms with E-state index in [0.717, 1.165) is 0 Å². The van der Waals surface area contributed by atoms with Gasteiger partial charge in [0.05, 0.1) is 6.33 Å². The Kier molecular flexibility index (Phi) is 1.19. The summed E-state index contributed by atoms with van der Waals surface area (Å²) in [7, 11) is 1.80. The zero-order valence-corrected chi connectivity index (χ0v) is 7.00. The molecular weight excluding hydrogens is 178 g/mol. The van der Waals surface area contributed by atoms with Gasteiger partial charge in [0.2, 0.25) is 5.95 Å². The van der Waals surface area contributed by atoms with Crippen molar-refractivity contribution >= 4 is 28.7 Å². The molecule has 2 N–H and O–H groups in total. The monoisotopic (exact) mass is 185 g/mol. The number of halogens is 1. The molecule has 0 atom stereocenters. The molecule has 0 aromatic carbocycles. The maximum absolute atomic E-state index is 6.88. The smallest absolute Gasteiger partial charge is 0.223 e. The Morgan fingerprint density at radius 1 is 1.67 bits per heavy atom. The van der Waals surface area contributed by atoms with Gasteiger partial charge in [0.15, 0.2) is 12.2 Å². The van der Waals surface area contributed by atoms with E-state index in [9.17, 15) is 0 Å². The summed E-state index contributed by atoms with van der Waals surface area (Å²) >= 11 is 5.80. The maximum atomic E-state index is 6.88. The average Bonchev–Trinajstić information content (AvgIpc) is 2.48. The van der Waals surface area contributed by atoms with Gasteiger partial charge >= 0.3 is 0 Å². The Hall–Kier alpha value is -1.36. The minimum Gasteiger partial charge on any atom is -0.368 e. The van der Waals surface area contributed by atoms with Gasteiger partial charge in [-0.05, 0) is 0 Å². The molecule has 0 aliphatic rings. The number of hydrogen-bond acceptors (Lipinski definition) is 4. The van der Waals surface area contributed by atoms with Gasteiger partial charge in [0, 0.05) is 7.05 Å². The lowest BCUT2D eigenvalue weighted by atomic mass is 10.5. The largest absolute Gasteiger partial charge is 0.368 e. The topological polar surface area (TPSA) is 69.6 Å². The van der Waals surface area contributed by atoms with Crippen LogP contribution in [0.4, 0.5) is 5.95 Å². The van der Waals surface area contributed by atoms with Crippen LogP contribution in [0.15, 0.2) is 6.33 Å². The Balaban J connectivity index is 2.80. The van der Waals surface area contributed by atoms with E-state index in [-0.39, 0.29) is 11.1 Å². The molecule has 2 rings (SSSR count). The number of aromatic nitrogens is 4. The van der Waals surface area contributed by atoms with Gasteiger partial charge in [-0.2, -0.15) is 9.97 Å². The van der Waals surface area contributed by atoms with Gasteiger partial charge in [-0.1, -0.05) is 11.6 Å². The van der Waals surface area contributed by atoms with Crippen molar-refractivity contribution in [3.05, 3.63) is 11.5 Å². The van der Waals surface area contributed by atoms with Crippen molar-refractivity contribution < 1.29 is 1.41 Å². The zero-order valence-electron chi connectivity index (χ0n) is 7.24. The van der Waals surface area contributed by atoms with Crippen molar-refractivity contribution in [1.29, 1.82) is 0 Å². The Morgan fingerprint density at radius 2 is 2.50 bits per heavy atom. The summed E-state index contributed by atoms with van der Waals surface area (Å²) in [6.45, 7) is 0. The fourth-order valence-corrected chi connectivity index (χ4v) is 1.19. The van der Waals surface area contributed by atoms with Gasteiger partial charge < -0.3 is 10.3 Å². The Morgan fingerprint density at radius 3 is 3.25 bits per heavy atom. The number of nitrogens with two attached hydrogens (primary N) is 1. The second-order valence-electron chi connectivity index (χ2n) is 2.37. The van der Waals surface area contributed by atoms with Crippen LogP contribution in [0.1, 0.15) is 0 Å². The molecule has 62 valence electrons. The van der Waals surface area contributed by atoms with E-state index in [2.05, 4.69) is 20.7 Å². The lowest BCUT2D eigenvalue weighted by Gasteiger charge is -1.95. The van der Waals surface area contributed by atoms with Gasteiger partial charge in [0.1, 0.15) is 5.52 Å². The predicted molar refractivity (Wildman–Crippen MR) is 45.7 cm³/mol. The second-order valence-corrected chi connectivity index (χ2v) is 2.72. The summed E-state index contributed by atoms with van der Waals surface area (Å²) in [4.78, 5) is 11.8. The molecule has 2 aromatic rings. The van der Waals surface area contributed by atoms with E-state index >= 15 is 0 Å². The summed E-state index contributed by atoms with van der Waals surface area (Å²) in [6.07, 6.45) is 1.60. The molecule has 0 saturated carbocycles. The van der Waals surface area contributed by atoms with Gasteiger partial charge in [-0.25, -0.2) is 4.98 Å². The molecule has 6 heteroatoms. The molecule has 5 nitrogen and oxygen atoms in total. The molecule has 0 aliphatic carbocycles. The molecule has 0 amide bonds. The van der Waals surface area contributed by atoms with E-state index in [1.807, 2.05) is 0 Å². The molecule has 0 aliphatic heterocycles. The van der Waals surface area contributed by atoms with Crippen LogP contribution in [0.3, 0.4) is 0 Å². The fraction of sp³-hybridized carbons (Fsp3) is 0.167. The third-order valence-corrected chi connectivity index (χ3v) is 1.78. The summed E-state index contributed by atoms with van der Waals surface area (Å²) in [5, 5.41) is 0.250. The Labute approximate surface area is 74.7 Å². The summed E-state index contributed by atoms with van der Waals surface area (Å²) in [5.41, 5.74) is 3.23. The van der Waals surface area contributed by atoms with E-state index in [1.165, 1.54) is 0 Å². The van der Waals surface area contributed by atoms with E-state index < -0.39 is 0 Å². The molecule has 0 unspecified atom stereocenters. The lowest BCUT2D eigenvalue weighted by molar-refractivity contribution is 0.929. The molecule has 12 heavy (non-hydrogen) atoms. The quantitative estimate of drug-likeness (QED) is 0.661. The second kappa shape index (κ2) is 2.31. The van der Waals surface area contributed by atoms with Crippen molar-refractivity contribution in [2.45, 2.75) is 0 Å². The van der Waals surface area contributed by atoms with Gasteiger partial charge in [-0.3, -0.25) is 0 Å². The third-order valence-electron chi connectivity index (χ3n) is 1.52. The molecule has 0 fully saturated rings. The molecular formula is C6H6ClN5. The maximum Gasteiger partial charge on any atom is 0.223 e. The summed E-state index contributed by atoms with van der Waals surface area (Å²) in [6, 6.07) is 0. The van der Waals surface area contributed by atoms with Crippen LogP contribution >= 0.6 is 11.6 Å². The zero-order chi connectivity index (χ0) is 9.42. The predicted octanol–water partition coefficient (Wildman–Crippen LogP) is 0.599. The molecule has 0 bridgehead atoms. The van der Waals surface area contributed by atoms with Crippen LogP contribution in [0.5, 0.6) is 0 Å². The SMILES string of the molecule is [3H]Nc1nc(Cl)c2ncn(C)c2n1. The highest BCUT2D eigenvalue weighted by atomic mass is 35.5. The number of hydrogen-bond donors (Lipinski definition) is 1. The molecule has 2 heterocycles. The van der Waals surface area contributed by atoms with E-state index in [1.54, 1.807) is 17.9 Å². The van der Waals surface area contributed by atoms with Crippen LogP contribution in [0, 0.1) is 0 Å². The number of aryl methyl sites for hydroxylation is 1. The molecule has 0 radical (unpaired) electrons. The van der Waals surface area contributed by atoms with Crippen molar-refractivity contribution in [3.8, 4) is 0 Å². The highest BCUT2D eigenvalue weighted by molar-refractivity contribution is 6.33. The molecule has 0 spiro atoms. The van der Waals surface area contributed by atoms with Crippen LogP contribution in [-0.2, 0) is 7.05 Å². The van der Waals surface area contributed by atoms with E-state index in [0.29, 0.717) is 11.2 Å². The third kappa shape index (κ3) is 0.902. The van der Waals surface area contributed by atoms with E-state index in [4.69, 9.17) is 13.0 Å². The van der Waals surface area contributed by atoms with Gasteiger partial charge in [0.25, 0.3) is 0 Å². The number of fused-ring (bicyclic) bond motifs is 1. The summed E-state index contributed by atoms with van der Waals surface area (Å²) in [5.74, 6) is 0.168. The first kappa shape index (κ1) is 6.19. The number of nitrogen functional groups attached to an aromatic ring is 1. The van der Waals surface area contributed by atoms with Crippen molar-refractivity contribution in [1.82, 2.24) is 19.5 Å². The lowest BCUT2D eigenvalue weighted by Crippen LogP contribution is -1.97. The number of imidazole rings is 1. The fourth-order valence-electron chi connectivity index (χ4n) is 0.972. The number of anilines is 1. The first-order chi connectivity index (χ1) is 6.22. The average molecular weight is 186 g/mol. The standard InChI is InChI=1S/C6H6ClN5/c1-12-2-9-3-4(7)10-6(8)11-5(3)12/h2H,1H3,(H2,8,10,11)/i/hT. The minimum absolute atomic E-state index is 0.168. The first-order valence-corrected chi connectivity index (χ1v) is 3.62. The first-order valence-electron chi connectivity index (χ1n) is 3.74. The van der Waals surface area contributed by atoms with Crippen LogP contribution in [-0.4, -0.2) is 19.5 Å².